The maximum Gasteiger partial charge on any atom is 0.336 e. The second-order valence-corrected chi connectivity index (χ2v) is 13.6. The van der Waals surface area contributed by atoms with Crippen molar-refractivity contribution in [2.75, 3.05) is 0 Å². The molecule has 11 atom stereocenters. The number of carboxylic acids is 1. The Morgan fingerprint density at radius 3 is 2.46 bits per heavy atom. The molecule has 0 aromatic heterocycles. The Hall–Kier alpha value is -1.65. The molecule has 5 rings (SSSR count). The lowest BCUT2D eigenvalue weighted by atomic mass is 9.41. The highest BCUT2D eigenvalue weighted by Crippen LogP contribution is 2.69. The van der Waals surface area contributed by atoms with Gasteiger partial charge in [-0.25, -0.2) is 4.79 Å². The van der Waals surface area contributed by atoms with Crippen molar-refractivity contribution in [2.24, 2.45) is 52.3 Å². The molecule has 4 saturated carbocycles. The number of aliphatic hydroxyl groups is 2. The summed E-state index contributed by atoms with van der Waals surface area (Å²) in [6.45, 7) is 9.65. The molecule has 0 aliphatic heterocycles. The van der Waals surface area contributed by atoms with Crippen molar-refractivity contribution in [3.05, 3.63) is 41.5 Å². The molecule has 4 heteroatoms. The third-order valence-corrected chi connectivity index (χ3v) is 12.1. The molecule has 4 aliphatic rings. The van der Waals surface area contributed by atoms with Crippen molar-refractivity contribution in [2.45, 2.75) is 97.7 Å². The van der Waals surface area contributed by atoms with Crippen molar-refractivity contribution in [1.29, 1.82) is 0 Å². The quantitative estimate of drug-likeness (QED) is 0.385. The summed E-state index contributed by atoms with van der Waals surface area (Å²) in [6.07, 6.45) is 13.5. The van der Waals surface area contributed by atoms with E-state index in [9.17, 15) is 20.1 Å². The molecule has 1 aromatic rings. The molecular weight excluding hydrogens is 460 g/mol. The average molecular weight is 509 g/mol. The Bertz CT molecular complexity index is 1020. The van der Waals surface area contributed by atoms with Crippen molar-refractivity contribution in [1.82, 2.24) is 0 Å². The van der Waals surface area contributed by atoms with Gasteiger partial charge in [-0.15, -0.1) is 0 Å². The van der Waals surface area contributed by atoms with Crippen LogP contribution in [-0.4, -0.2) is 33.5 Å². The normalized spacial score (nSPS) is 44.2. The summed E-state index contributed by atoms with van der Waals surface area (Å²) in [5, 5.41) is 31.9. The average Bonchev–Trinajstić information content (AvgIpc) is 3.22. The minimum atomic E-state index is -0.879. The van der Waals surface area contributed by atoms with Crippen LogP contribution in [0.2, 0.25) is 0 Å². The molecule has 4 fully saturated rings. The van der Waals surface area contributed by atoms with E-state index in [1.807, 2.05) is 18.2 Å². The van der Waals surface area contributed by atoms with Crippen LogP contribution in [0.25, 0.3) is 6.08 Å². The molecule has 0 bridgehead atoms. The Kier molecular flexibility index (Phi) is 7.39. The smallest absolute Gasteiger partial charge is 0.336 e. The fraction of sp³-hybridized carbons (Fsp3) is 0.727. The third kappa shape index (κ3) is 4.40. The fourth-order valence-corrected chi connectivity index (χ4v) is 10.3. The summed E-state index contributed by atoms with van der Waals surface area (Å²) >= 11 is 0. The zero-order valence-corrected chi connectivity index (χ0v) is 23.3. The van der Waals surface area contributed by atoms with Crippen LogP contribution < -0.4 is 0 Å². The summed E-state index contributed by atoms with van der Waals surface area (Å²) in [4.78, 5) is 11.6. The van der Waals surface area contributed by atoms with E-state index in [-0.39, 0.29) is 23.0 Å². The molecule has 4 nitrogen and oxygen atoms in total. The van der Waals surface area contributed by atoms with Crippen LogP contribution in [0.4, 0.5) is 0 Å². The van der Waals surface area contributed by atoms with Gasteiger partial charge in [0.05, 0.1) is 17.8 Å². The van der Waals surface area contributed by atoms with E-state index in [1.54, 1.807) is 12.1 Å². The zero-order chi connectivity index (χ0) is 26.5. The number of fused-ring (bicyclic) bond motifs is 5. The van der Waals surface area contributed by atoms with E-state index in [4.69, 9.17) is 0 Å². The van der Waals surface area contributed by atoms with Gasteiger partial charge in [-0.1, -0.05) is 64.5 Å². The summed E-state index contributed by atoms with van der Waals surface area (Å²) < 4.78 is 0. The van der Waals surface area contributed by atoms with Gasteiger partial charge >= 0.3 is 5.97 Å². The molecular formula is C33H48O4. The van der Waals surface area contributed by atoms with Crippen LogP contribution in [0.5, 0.6) is 0 Å². The molecule has 4 aliphatic carbocycles. The van der Waals surface area contributed by atoms with Gasteiger partial charge in [0.1, 0.15) is 0 Å². The fourth-order valence-electron chi connectivity index (χ4n) is 10.3. The maximum atomic E-state index is 11.9. The Morgan fingerprint density at radius 2 is 1.73 bits per heavy atom. The second kappa shape index (κ2) is 10.2. The van der Waals surface area contributed by atoms with Gasteiger partial charge < -0.3 is 15.3 Å². The van der Waals surface area contributed by atoms with Crippen LogP contribution >= 0.6 is 0 Å². The number of allylic oxidation sites excluding steroid dienone is 1. The lowest BCUT2D eigenvalue weighted by Crippen LogP contribution is -2.62. The molecule has 37 heavy (non-hydrogen) atoms. The van der Waals surface area contributed by atoms with Crippen LogP contribution in [0.3, 0.4) is 0 Å². The van der Waals surface area contributed by atoms with E-state index in [0.29, 0.717) is 47.0 Å². The number of aromatic carboxylic acids is 1. The van der Waals surface area contributed by atoms with Gasteiger partial charge in [0.2, 0.25) is 0 Å². The summed E-state index contributed by atoms with van der Waals surface area (Å²) in [5.74, 6) is 2.55. The van der Waals surface area contributed by atoms with Gasteiger partial charge in [-0.2, -0.15) is 0 Å². The number of aliphatic hydroxyl groups excluding tert-OH is 2. The topological polar surface area (TPSA) is 77.8 Å². The number of carboxylic acid groups (broad SMARTS) is 1. The van der Waals surface area contributed by atoms with E-state index >= 15 is 0 Å². The highest BCUT2D eigenvalue weighted by Gasteiger charge is 2.64. The SMILES string of the molecule is CC[C@@H]1C2C[C@H](O)CC[C@]2(C)C2CC[C@@]3(C)C(CCC3[C@H](C)C/C=C/c3ccccc3C(=O)O)C2[C@@H]1O. The molecule has 0 amide bonds. The first-order valence-electron chi connectivity index (χ1n) is 15.0. The lowest BCUT2D eigenvalue weighted by molar-refractivity contribution is -0.203. The van der Waals surface area contributed by atoms with Crippen molar-refractivity contribution in [3.8, 4) is 0 Å². The summed E-state index contributed by atoms with van der Waals surface area (Å²) in [5.41, 5.74) is 1.63. The minimum Gasteiger partial charge on any atom is -0.478 e. The predicted molar refractivity (Wildman–Crippen MR) is 148 cm³/mol. The zero-order valence-electron chi connectivity index (χ0n) is 23.3. The van der Waals surface area contributed by atoms with Crippen LogP contribution in [0.1, 0.15) is 101 Å². The first-order chi connectivity index (χ1) is 17.6. The van der Waals surface area contributed by atoms with E-state index < -0.39 is 5.97 Å². The Balaban J connectivity index is 1.34. The molecule has 0 saturated heterocycles. The molecule has 5 unspecified atom stereocenters. The predicted octanol–water partition coefficient (Wildman–Crippen LogP) is 7.05. The first-order valence-corrected chi connectivity index (χ1v) is 15.0. The highest BCUT2D eigenvalue weighted by molar-refractivity contribution is 5.92. The van der Waals surface area contributed by atoms with Gasteiger partial charge in [0.25, 0.3) is 0 Å². The molecule has 0 radical (unpaired) electrons. The number of benzene rings is 1. The van der Waals surface area contributed by atoms with Crippen molar-refractivity contribution >= 4 is 12.0 Å². The Morgan fingerprint density at radius 1 is 1.03 bits per heavy atom. The Labute approximate surface area is 223 Å². The van der Waals surface area contributed by atoms with Gasteiger partial charge in [0.15, 0.2) is 0 Å². The van der Waals surface area contributed by atoms with Crippen LogP contribution in [0.15, 0.2) is 30.3 Å². The molecule has 1 aromatic carbocycles. The third-order valence-electron chi connectivity index (χ3n) is 12.1. The number of rotatable bonds is 6. The second-order valence-electron chi connectivity index (χ2n) is 13.6. The highest BCUT2D eigenvalue weighted by atomic mass is 16.4. The van der Waals surface area contributed by atoms with Gasteiger partial charge in [0, 0.05) is 0 Å². The van der Waals surface area contributed by atoms with E-state index in [2.05, 4.69) is 33.8 Å². The standard InChI is InChI=1S/C33H48O4/c1-5-23-28-19-22(34)15-17-33(28,4)27-16-18-32(3)25(13-14-26(32)29(27)30(23)35)20(2)9-8-11-21-10-6-7-12-24(21)31(36)37/h6-8,10-12,20,22-23,25-30,34-35H,5,9,13-19H2,1-4H3,(H,36,37)/b11-8+/t20-,22-,23-,25?,26?,27?,28?,29?,30-,32-,33-/m1/s1. The van der Waals surface area contributed by atoms with Gasteiger partial charge in [-0.3, -0.25) is 0 Å². The van der Waals surface area contributed by atoms with Crippen molar-refractivity contribution in [3.63, 3.8) is 0 Å². The number of hydrogen-bond acceptors (Lipinski definition) is 3. The van der Waals surface area contributed by atoms with Crippen LogP contribution in [0, 0.1) is 52.3 Å². The van der Waals surface area contributed by atoms with Gasteiger partial charge in [-0.05, 0) is 115 Å². The van der Waals surface area contributed by atoms with Crippen molar-refractivity contribution < 1.29 is 20.1 Å². The lowest BCUT2D eigenvalue weighted by Gasteiger charge is -2.64. The van der Waals surface area contributed by atoms with Crippen LogP contribution in [-0.2, 0) is 0 Å². The van der Waals surface area contributed by atoms with E-state index in [0.717, 1.165) is 37.7 Å². The molecule has 0 spiro atoms. The summed E-state index contributed by atoms with van der Waals surface area (Å²) in [6, 6.07) is 7.23. The molecule has 0 heterocycles. The summed E-state index contributed by atoms with van der Waals surface area (Å²) in [7, 11) is 0. The van der Waals surface area contributed by atoms with E-state index in [1.165, 1.54) is 25.7 Å². The molecule has 3 N–H and O–H groups in total. The minimum absolute atomic E-state index is 0.197. The monoisotopic (exact) mass is 508 g/mol. The maximum absolute atomic E-state index is 11.9. The number of hydrogen-bond donors (Lipinski definition) is 3. The molecule has 204 valence electrons. The largest absolute Gasteiger partial charge is 0.478 e. The first kappa shape index (κ1) is 26.9. The number of carbonyl (C=O) groups is 1.